The molecule has 0 aliphatic carbocycles. The van der Waals surface area contributed by atoms with Crippen molar-refractivity contribution in [1.82, 2.24) is 4.90 Å². The molecule has 2 N–H and O–H groups in total. The highest BCUT2D eigenvalue weighted by Gasteiger charge is 2.28. The van der Waals surface area contributed by atoms with Crippen molar-refractivity contribution in [3.8, 4) is 0 Å². The summed E-state index contributed by atoms with van der Waals surface area (Å²) < 4.78 is 1.16. The van der Waals surface area contributed by atoms with Crippen LogP contribution in [0.1, 0.15) is 51.5 Å². The second kappa shape index (κ2) is 7.63. The molecule has 1 aromatic heterocycles. The van der Waals surface area contributed by atoms with E-state index in [0.29, 0.717) is 12.1 Å². The molecule has 0 saturated heterocycles. The lowest BCUT2D eigenvalue weighted by Crippen LogP contribution is -2.44. The summed E-state index contributed by atoms with van der Waals surface area (Å²) in [6.45, 7) is 10.0. The Morgan fingerprint density at radius 3 is 2.44 bits per heavy atom. The third kappa shape index (κ3) is 4.05. The van der Waals surface area contributed by atoms with Crippen molar-refractivity contribution >= 4 is 27.3 Å². The quantitative estimate of drug-likeness (QED) is 0.801. The average Bonchev–Trinajstić information content (AvgIpc) is 2.74. The zero-order chi connectivity index (χ0) is 13.7. The Morgan fingerprint density at radius 2 is 2.06 bits per heavy atom. The Labute approximate surface area is 124 Å². The second-order valence-corrected chi connectivity index (χ2v) is 6.87. The van der Waals surface area contributed by atoms with Crippen LogP contribution in [0.5, 0.6) is 0 Å². The lowest BCUT2D eigenvalue weighted by molar-refractivity contribution is 0.132. The molecular formula is C14H25BrN2S. The smallest absolute Gasteiger partial charge is 0.0595 e. The number of hydrogen-bond donors (Lipinski definition) is 1. The highest BCUT2D eigenvalue weighted by atomic mass is 79.9. The Kier molecular flexibility index (Phi) is 6.85. The van der Waals surface area contributed by atoms with Crippen LogP contribution in [-0.4, -0.2) is 23.5 Å². The molecule has 104 valence electrons. The van der Waals surface area contributed by atoms with Crippen LogP contribution in [0.2, 0.25) is 0 Å². The van der Waals surface area contributed by atoms with E-state index in [9.17, 15) is 0 Å². The molecular weight excluding hydrogens is 308 g/mol. The van der Waals surface area contributed by atoms with Crippen molar-refractivity contribution in [2.45, 2.75) is 58.7 Å². The van der Waals surface area contributed by atoms with Gasteiger partial charge in [-0.3, -0.25) is 4.90 Å². The van der Waals surface area contributed by atoms with Gasteiger partial charge < -0.3 is 5.73 Å². The zero-order valence-corrected chi connectivity index (χ0v) is 14.2. The summed E-state index contributed by atoms with van der Waals surface area (Å²) in [4.78, 5) is 3.91. The molecule has 0 amide bonds. The average molecular weight is 333 g/mol. The van der Waals surface area contributed by atoms with Gasteiger partial charge >= 0.3 is 0 Å². The van der Waals surface area contributed by atoms with Gasteiger partial charge in [-0.2, -0.15) is 0 Å². The van der Waals surface area contributed by atoms with E-state index >= 15 is 0 Å². The summed E-state index contributed by atoms with van der Waals surface area (Å²) in [5.41, 5.74) is 6.38. The number of thiophene rings is 1. The highest BCUT2D eigenvalue weighted by Crippen LogP contribution is 2.33. The van der Waals surface area contributed by atoms with Crippen molar-refractivity contribution < 1.29 is 0 Å². The van der Waals surface area contributed by atoms with Crippen molar-refractivity contribution in [1.29, 1.82) is 0 Å². The molecule has 0 bridgehead atoms. The van der Waals surface area contributed by atoms with Gasteiger partial charge in [0.1, 0.15) is 0 Å². The van der Waals surface area contributed by atoms with Crippen LogP contribution in [0.15, 0.2) is 15.9 Å². The van der Waals surface area contributed by atoms with Crippen molar-refractivity contribution in [2.75, 3.05) is 6.54 Å². The minimum atomic E-state index is 0.199. The minimum Gasteiger partial charge on any atom is -0.326 e. The van der Waals surface area contributed by atoms with Crippen molar-refractivity contribution in [2.24, 2.45) is 5.73 Å². The summed E-state index contributed by atoms with van der Waals surface area (Å²) in [5.74, 6) is 0. The van der Waals surface area contributed by atoms with E-state index in [-0.39, 0.29) is 6.04 Å². The van der Waals surface area contributed by atoms with Crippen LogP contribution in [0.4, 0.5) is 0 Å². The van der Waals surface area contributed by atoms with E-state index in [1.165, 1.54) is 4.88 Å². The number of nitrogens with two attached hydrogens (primary N) is 1. The molecule has 0 radical (unpaired) electrons. The zero-order valence-electron chi connectivity index (χ0n) is 11.8. The monoisotopic (exact) mass is 332 g/mol. The molecule has 0 spiro atoms. The first-order valence-electron chi connectivity index (χ1n) is 6.76. The Bertz CT molecular complexity index is 351. The molecule has 2 atom stereocenters. The first kappa shape index (κ1) is 16.2. The molecule has 18 heavy (non-hydrogen) atoms. The SMILES string of the molecule is CCCN(C(C)C)C(c1cc(Br)cs1)C(N)CC. The van der Waals surface area contributed by atoms with Crippen LogP contribution >= 0.6 is 27.3 Å². The summed E-state index contributed by atoms with van der Waals surface area (Å²) in [5, 5.41) is 2.15. The highest BCUT2D eigenvalue weighted by molar-refractivity contribution is 9.10. The maximum atomic E-state index is 6.38. The van der Waals surface area contributed by atoms with Crippen LogP contribution < -0.4 is 5.73 Å². The number of rotatable bonds is 7. The number of nitrogens with zero attached hydrogens (tertiary/aromatic N) is 1. The third-order valence-corrected chi connectivity index (χ3v) is 5.02. The molecule has 1 aromatic rings. The second-order valence-electron chi connectivity index (χ2n) is 5.02. The maximum absolute atomic E-state index is 6.38. The topological polar surface area (TPSA) is 29.3 Å². The van der Waals surface area contributed by atoms with Gasteiger partial charge in [-0.05, 0) is 55.2 Å². The van der Waals surface area contributed by atoms with E-state index < -0.39 is 0 Å². The van der Waals surface area contributed by atoms with Gasteiger partial charge in [0.15, 0.2) is 0 Å². The van der Waals surface area contributed by atoms with Gasteiger partial charge in [0.2, 0.25) is 0 Å². The predicted octanol–water partition coefficient (Wildman–Crippen LogP) is 4.41. The molecule has 4 heteroatoms. The fraction of sp³-hybridized carbons (Fsp3) is 0.714. The van der Waals surface area contributed by atoms with E-state index in [0.717, 1.165) is 23.9 Å². The largest absolute Gasteiger partial charge is 0.326 e. The Hall–Kier alpha value is 0.1000. The summed E-state index contributed by atoms with van der Waals surface area (Å²) in [6.07, 6.45) is 2.17. The fourth-order valence-electron chi connectivity index (χ4n) is 2.30. The van der Waals surface area contributed by atoms with Gasteiger partial charge in [0.25, 0.3) is 0 Å². The van der Waals surface area contributed by atoms with Gasteiger partial charge in [0.05, 0.1) is 6.04 Å². The van der Waals surface area contributed by atoms with E-state index in [4.69, 9.17) is 5.73 Å². The van der Waals surface area contributed by atoms with Crippen molar-refractivity contribution in [3.63, 3.8) is 0 Å². The molecule has 1 rings (SSSR count). The van der Waals surface area contributed by atoms with Gasteiger partial charge in [-0.15, -0.1) is 11.3 Å². The minimum absolute atomic E-state index is 0.199. The number of halogens is 1. The molecule has 0 fully saturated rings. The molecule has 1 heterocycles. The Morgan fingerprint density at radius 1 is 1.39 bits per heavy atom. The third-order valence-electron chi connectivity index (χ3n) is 3.26. The summed E-state index contributed by atoms with van der Waals surface area (Å²) >= 11 is 5.35. The molecule has 0 aliphatic heterocycles. The molecule has 2 nitrogen and oxygen atoms in total. The fourth-order valence-corrected chi connectivity index (χ4v) is 3.94. The molecule has 0 aromatic carbocycles. The van der Waals surface area contributed by atoms with Crippen LogP contribution in [0, 0.1) is 0 Å². The first-order valence-corrected chi connectivity index (χ1v) is 8.43. The van der Waals surface area contributed by atoms with E-state index in [1.54, 1.807) is 11.3 Å². The van der Waals surface area contributed by atoms with Crippen LogP contribution in [0.3, 0.4) is 0 Å². The lowest BCUT2D eigenvalue weighted by atomic mass is 10.0. The molecule has 0 saturated carbocycles. The summed E-state index contributed by atoms with van der Waals surface area (Å²) in [6, 6.07) is 3.28. The van der Waals surface area contributed by atoms with Gasteiger partial charge in [0, 0.05) is 26.8 Å². The van der Waals surface area contributed by atoms with Gasteiger partial charge in [-0.1, -0.05) is 13.8 Å². The standard InChI is InChI=1S/C14H25BrN2S/c1-5-7-17(10(3)4)14(12(16)6-2)13-8-11(15)9-18-13/h8-10,12,14H,5-7,16H2,1-4H3. The van der Waals surface area contributed by atoms with E-state index in [2.05, 4.69) is 60.0 Å². The summed E-state index contributed by atoms with van der Waals surface area (Å²) in [7, 11) is 0. The molecule has 2 unspecified atom stereocenters. The normalized spacial score (nSPS) is 15.3. The lowest BCUT2D eigenvalue weighted by Gasteiger charge is -2.37. The van der Waals surface area contributed by atoms with E-state index in [1.807, 2.05) is 0 Å². The van der Waals surface area contributed by atoms with Gasteiger partial charge in [-0.25, -0.2) is 0 Å². The molecule has 0 aliphatic rings. The van der Waals surface area contributed by atoms with Crippen LogP contribution in [0.25, 0.3) is 0 Å². The Balaban J connectivity index is 3.02. The maximum Gasteiger partial charge on any atom is 0.0595 e. The first-order chi connectivity index (χ1) is 8.51. The predicted molar refractivity (Wildman–Crippen MR) is 85.2 cm³/mol. The van der Waals surface area contributed by atoms with Crippen LogP contribution in [-0.2, 0) is 0 Å². The van der Waals surface area contributed by atoms with Crippen molar-refractivity contribution in [3.05, 3.63) is 20.8 Å². The number of hydrogen-bond acceptors (Lipinski definition) is 3.